The number of anilines is 2. The topological polar surface area (TPSA) is 91.2 Å². The quantitative estimate of drug-likeness (QED) is 0.891. The van der Waals surface area contributed by atoms with Crippen molar-refractivity contribution in [1.29, 1.82) is 0 Å². The van der Waals surface area contributed by atoms with Gasteiger partial charge in [-0.1, -0.05) is 0 Å². The molecule has 1 aliphatic rings. The molecule has 0 saturated carbocycles. The molecule has 1 atom stereocenters. The highest BCUT2D eigenvalue weighted by atomic mass is 16.3. The Kier molecular flexibility index (Phi) is 4.13. The van der Waals surface area contributed by atoms with Crippen LogP contribution in [0.5, 0.6) is 5.75 Å². The largest absolute Gasteiger partial charge is 0.504 e. The molecule has 7 heteroatoms. The number of rotatable bonds is 3. The van der Waals surface area contributed by atoms with Crippen molar-refractivity contribution in [3.63, 3.8) is 0 Å². The van der Waals surface area contributed by atoms with E-state index in [1.807, 2.05) is 4.90 Å². The fourth-order valence-electron chi connectivity index (χ4n) is 2.54. The summed E-state index contributed by atoms with van der Waals surface area (Å²) in [6, 6.07) is 4.87. The summed E-state index contributed by atoms with van der Waals surface area (Å²) in [5.74, 6) is 0.477. The van der Waals surface area contributed by atoms with Crippen molar-refractivity contribution in [1.82, 2.24) is 15.0 Å². The Morgan fingerprint density at radius 3 is 2.77 bits per heavy atom. The number of carbonyl (C=O) groups is 1. The second-order valence-corrected chi connectivity index (χ2v) is 5.19. The first-order valence-corrected chi connectivity index (χ1v) is 7.21. The predicted octanol–water partition coefficient (Wildman–Crippen LogP) is 1.43. The van der Waals surface area contributed by atoms with Crippen molar-refractivity contribution in [3.8, 4) is 5.75 Å². The average Bonchev–Trinajstić information content (AvgIpc) is 2.58. The number of carbonyl (C=O) groups excluding carboxylic acids is 1. The molecule has 2 aromatic heterocycles. The van der Waals surface area contributed by atoms with Gasteiger partial charge >= 0.3 is 0 Å². The highest BCUT2D eigenvalue weighted by molar-refractivity contribution is 5.93. The van der Waals surface area contributed by atoms with E-state index < -0.39 is 0 Å². The van der Waals surface area contributed by atoms with Gasteiger partial charge in [-0.05, 0) is 31.0 Å². The van der Waals surface area contributed by atoms with Crippen LogP contribution in [-0.4, -0.2) is 39.1 Å². The van der Waals surface area contributed by atoms with Gasteiger partial charge in [-0.15, -0.1) is 0 Å². The number of aromatic nitrogens is 3. The molecule has 1 aliphatic heterocycles. The molecule has 114 valence electrons. The number of hydrogen-bond donors (Lipinski definition) is 2. The Labute approximate surface area is 128 Å². The number of pyridine rings is 1. The van der Waals surface area contributed by atoms with Crippen LogP contribution in [0.15, 0.2) is 36.8 Å². The SMILES string of the molecule is O=C(Nc1ncccc1O)C1CCCN(c2ncccn2)C1. The zero-order valence-electron chi connectivity index (χ0n) is 12.0. The first kappa shape index (κ1) is 14.2. The van der Waals surface area contributed by atoms with Crippen LogP contribution in [0.25, 0.3) is 0 Å². The third kappa shape index (κ3) is 3.13. The van der Waals surface area contributed by atoms with Crippen LogP contribution < -0.4 is 10.2 Å². The second kappa shape index (κ2) is 6.38. The van der Waals surface area contributed by atoms with E-state index in [1.165, 1.54) is 12.3 Å². The van der Waals surface area contributed by atoms with Crippen molar-refractivity contribution in [2.45, 2.75) is 12.8 Å². The first-order valence-electron chi connectivity index (χ1n) is 7.21. The standard InChI is InChI=1S/C15H17N5O2/c21-12-5-1-6-16-13(12)19-14(22)11-4-2-9-20(10-11)15-17-7-3-8-18-15/h1,3,5-8,11,21H,2,4,9-10H2,(H,16,19,22). The van der Waals surface area contributed by atoms with Crippen LogP contribution in [0.3, 0.4) is 0 Å². The highest BCUT2D eigenvalue weighted by Gasteiger charge is 2.27. The van der Waals surface area contributed by atoms with Gasteiger partial charge in [0.05, 0.1) is 5.92 Å². The summed E-state index contributed by atoms with van der Waals surface area (Å²) in [6.45, 7) is 1.39. The molecule has 1 saturated heterocycles. The number of aromatic hydroxyl groups is 1. The Bertz CT molecular complexity index is 649. The van der Waals surface area contributed by atoms with E-state index in [1.54, 1.807) is 24.5 Å². The maximum Gasteiger partial charge on any atom is 0.230 e. The van der Waals surface area contributed by atoms with E-state index in [0.717, 1.165) is 19.4 Å². The Hall–Kier alpha value is -2.70. The monoisotopic (exact) mass is 299 g/mol. The third-order valence-corrected chi connectivity index (χ3v) is 3.66. The van der Waals surface area contributed by atoms with Crippen molar-refractivity contribution in [2.75, 3.05) is 23.3 Å². The fraction of sp³-hybridized carbons (Fsp3) is 0.333. The maximum absolute atomic E-state index is 12.4. The molecule has 2 aromatic rings. The molecule has 0 bridgehead atoms. The molecule has 1 amide bonds. The van der Waals surface area contributed by atoms with E-state index in [0.29, 0.717) is 12.5 Å². The molecule has 3 rings (SSSR count). The van der Waals surface area contributed by atoms with Gasteiger partial charge in [-0.2, -0.15) is 0 Å². The lowest BCUT2D eigenvalue weighted by atomic mass is 9.97. The minimum absolute atomic E-state index is 0.0325. The number of amides is 1. The smallest absolute Gasteiger partial charge is 0.230 e. The number of nitrogens with one attached hydrogen (secondary N) is 1. The third-order valence-electron chi connectivity index (χ3n) is 3.66. The molecule has 1 unspecified atom stereocenters. The van der Waals surface area contributed by atoms with E-state index in [-0.39, 0.29) is 23.4 Å². The van der Waals surface area contributed by atoms with E-state index in [2.05, 4.69) is 20.3 Å². The summed E-state index contributed by atoms with van der Waals surface area (Å²) in [5, 5.41) is 12.4. The molecule has 2 N–H and O–H groups in total. The number of piperidine rings is 1. The van der Waals surface area contributed by atoms with E-state index >= 15 is 0 Å². The molecule has 0 aromatic carbocycles. The molecule has 0 radical (unpaired) electrons. The van der Waals surface area contributed by atoms with Gasteiger partial charge < -0.3 is 15.3 Å². The maximum atomic E-state index is 12.4. The number of nitrogens with zero attached hydrogens (tertiary/aromatic N) is 4. The molecule has 0 spiro atoms. The molecule has 22 heavy (non-hydrogen) atoms. The highest BCUT2D eigenvalue weighted by Crippen LogP contribution is 2.23. The van der Waals surface area contributed by atoms with Crippen molar-refractivity contribution in [3.05, 3.63) is 36.8 Å². The van der Waals surface area contributed by atoms with Gasteiger partial charge in [0.15, 0.2) is 11.6 Å². The summed E-state index contributed by atoms with van der Waals surface area (Å²) in [4.78, 5) is 26.8. The van der Waals surface area contributed by atoms with E-state index in [4.69, 9.17) is 0 Å². The lowest BCUT2D eigenvalue weighted by Crippen LogP contribution is -2.41. The van der Waals surface area contributed by atoms with E-state index in [9.17, 15) is 9.90 Å². The van der Waals surface area contributed by atoms with Gasteiger partial charge in [0.25, 0.3) is 0 Å². The minimum Gasteiger partial charge on any atom is -0.504 e. The Balaban J connectivity index is 1.67. The van der Waals surface area contributed by atoms with Crippen molar-refractivity contribution in [2.24, 2.45) is 5.92 Å². The van der Waals surface area contributed by atoms with Crippen LogP contribution in [-0.2, 0) is 4.79 Å². The molecular formula is C15H17N5O2. The summed E-state index contributed by atoms with van der Waals surface area (Å²) >= 11 is 0. The van der Waals surface area contributed by atoms with Gasteiger partial charge in [-0.3, -0.25) is 4.79 Å². The molecule has 1 fully saturated rings. The van der Waals surface area contributed by atoms with Crippen molar-refractivity contribution < 1.29 is 9.90 Å². The molecular weight excluding hydrogens is 282 g/mol. The summed E-state index contributed by atoms with van der Waals surface area (Å²) in [6.07, 6.45) is 6.60. The van der Waals surface area contributed by atoms with Gasteiger partial charge in [-0.25, -0.2) is 15.0 Å². The van der Waals surface area contributed by atoms with Gasteiger partial charge in [0.1, 0.15) is 0 Å². The van der Waals surface area contributed by atoms with Crippen LogP contribution in [0.4, 0.5) is 11.8 Å². The van der Waals surface area contributed by atoms with Crippen LogP contribution >= 0.6 is 0 Å². The van der Waals surface area contributed by atoms with Gasteiger partial charge in [0.2, 0.25) is 11.9 Å². The molecule has 7 nitrogen and oxygen atoms in total. The fourth-order valence-corrected chi connectivity index (χ4v) is 2.54. The number of hydrogen-bond acceptors (Lipinski definition) is 6. The zero-order valence-corrected chi connectivity index (χ0v) is 12.0. The van der Waals surface area contributed by atoms with Gasteiger partial charge in [0, 0.05) is 31.7 Å². The average molecular weight is 299 g/mol. The zero-order chi connectivity index (χ0) is 15.4. The Morgan fingerprint density at radius 1 is 1.23 bits per heavy atom. The molecule has 3 heterocycles. The van der Waals surface area contributed by atoms with Crippen LogP contribution in [0.1, 0.15) is 12.8 Å². The molecule has 0 aliphatic carbocycles. The normalized spacial score (nSPS) is 18.0. The summed E-state index contributed by atoms with van der Waals surface area (Å²) < 4.78 is 0. The first-order chi connectivity index (χ1) is 10.7. The van der Waals surface area contributed by atoms with Crippen LogP contribution in [0.2, 0.25) is 0 Å². The van der Waals surface area contributed by atoms with Crippen molar-refractivity contribution >= 4 is 17.7 Å². The lowest BCUT2D eigenvalue weighted by Gasteiger charge is -2.31. The second-order valence-electron chi connectivity index (χ2n) is 5.19. The lowest BCUT2D eigenvalue weighted by molar-refractivity contribution is -0.120. The minimum atomic E-state index is -0.182. The predicted molar refractivity (Wildman–Crippen MR) is 81.5 cm³/mol. The van der Waals surface area contributed by atoms with Crippen LogP contribution in [0, 0.1) is 5.92 Å². The Morgan fingerprint density at radius 2 is 2.00 bits per heavy atom. The summed E-state index contributed by atoms with van der Waals surface area (Å²) in [5.41, 5.74) is 0. The summed E-state index contributed by atoms with van der Waals surface area (Å²) in [7, 11) is 0.